The third-order valence-corrected chi connectivity index (χ3v) is 6.02. The molecule has 1 aromatic heterocycles. The minimum absolute atomic E-state index is 0.118. The molecule has 4 rings (SSSR count). The molecule has 8 nitrogen and oxygen atoms in total. The fourth-order valence-corrected chi connectivity index (χ4v) is 4.28. The first-order valence-corrected chi connectivity index (χ1v) is 11.4. The van der Waals surface area contributed by atoms with E-state index < -0.39 is 5.82 Å². The highest BCUT2D eigenvalue weighted by Crippen LogP contribution is 2.40. The number of methoxy groups -OCH3 is 3. The molecule has 1 amide bonds. The first-order chi connectivity index (χ1) is 16.5. The summed E-state index contributed by atoms with van der Waals surface area (Å²) in [6, 6.07) is 8.22. The van der Waals surface area contributed by atoms with Crippen molar-refractivity contribution in [3.63, 3.8) is 0 Å². The number of amides is 1. The molecule has 34 heavy (non-hydrogen) atoms. The molecular weight excluding hydrogens is 439 g/mol. The van der Waals surface area contributed by atoms with E-state index in [-0.39, 0.29) is 18.0 Å². The minimum atomic E-state index is -0.503. The molecule has 3 aromatic rings. The van der Waals surface area contributed by atoms with Crippen LogP contribution in [0.1, 0.15) is 37.1 Å². The summed E-state index contributed by atoms with van der Waals surface area (Å²) in [6.45, 7) is 0.837. The smallest absolute Gasteiger partial charge is 0.224 e. The van der Waals surface area contributed by atoms with Gasteiger partial charge in [-0.15, -0.1) is 10.2 Å². The zero-order valence-corrected chi connectivity index (χ0v) is 19.7. The van der Waals surface area contributed by atoms with Gasteiger partial charge in [-0.25, -0.2) is 4.39 Å². The quantitative estimate of drug-likeness (QED) is 0.527. The molecular formula is C25H29FN4O4. The Labute approximate surface area is 198 Å². The van der Waals surface area contributed by atoms with Gasteiger partial charge in [0.1, 0.15) is 11.6 Å². The van der Waals surface area contributed by atoms with Gasteiger partial charge in [-0.2, -0.15) is 0 Å². The summed E-state index contributed by atoms with van der Waals surface area (Å²) >= 11 is 0. The number of carbonyl (C=O) groups is 1. The van der Waals surface area contributed by atoms with Gasteiger partial charge in [0.2, 0.25) is 11.7 Å². The molecule has 0 aliphatic carbocycles. The number of aryl methyl sites for hydroxylation is 2. The Morgan fingerprint density at radius 3 is 2.62 bits per heavy atom. The van der Waals surface area contributed by atoms with Crippen LogP contribution in [0.5, 0.6) is 17.2 Å². The van der Waals surface area contributed by atoms with Crippen LogP contribution in [0.3, 0.4) is 0 Å². The molecule has 0 bridgehead atoms. The lowest BCUT2D eigenvalue weighted by Crippen LogP contribution is -2.14. The van der Waals surface area contributed by atoms with Gasteiger partial charge in [-0.3, -0.25) is 4.79 Å². The largest absolute Gasteiger partial charge is 0.493 e. The van der Waals surface area contributed by atoms with Crippen LogP contribution in [0.15, 0.2) is 30.3 Å². The number of rotatable bonds is 8. The van der Waals surface area contributed by atoms with Crippen LogP contribution >= 0.6 is 0 Å². The van der Waals surface area contributed by atoms with Crippen molar-refractivity contribution in [3.8, 4) is 28.6 Å². The number of nitrogens with zero attached hydrogens (tertiary/aromatic N) is 3. The fourth-order valence-electron chi connectivity index (χ4n) is 4.28. The van der Waals surface area contributed by atoms with Gasteiger partial charge in [-0.1, -0.05) is 12.5 Å². The van der Waals surface area contributed by atoms with Gasteiger partial charge in [0.25, 0.3) is 0 Å². The molecule has 0 radical (unpaired) electrons. The Balaban J connectivity index is 1.49. The summed E-state index contributed by atoms with van der Waals surface area (Å²) in [5.41, 5.74) is 1.63. The lowest BCUT2D eigenvalue weighted by molar-refractivity contribution is -0.116. The molecule has 0 saturated heterocycles. The monoisotopic (exact) mass is 468 g/mol. The van der Waals surface area contributed by atoms with Crippen LogP contribution < -0.4 is 19.5 Å². The van der Waals surface area contributed by atoms with Crippen molar-refractivity contribution < 1.29 is 23.4 Å². The maximum atomic E-state index is 14.5. The Hall–Kier alpha value is -3.62. The first kappa shape index (κ1) is 23.5. The van der Waals surface area contributed by atoms with E-state index in [1.165, 1.54) is 20.3 Å². The molecule has 0 unspecified atom stereocenters. The molecule has 1 N–H and O–H groups in total. The van der Waals surface area contributed by atoms with Gasteiger partial charge in [0.05, 0.1) is 27.0 Å². The number of fused-ring (bicyclic) bond motifs is 1. The molecule has 1 aliphatic heterocycles. The molecule has 0 fully saturated rings. The second-order valence-corrected chi connectivity index (χ2v) is 8.14. The van der Waals surface area contributed by atoms with Crippen LogP contribution in [0.2, 0.25) is 0 Å². The third-order valence-electron chi connectivity index (χ3n) is 6.02. The summed E-state index contributed by atoms with van der Waals surface area (Å²) in [5.74, 6) is 2.35. The SMILES string of the molecule is COc1ccc(CCC(=O)Nc2cc(-c3nnc4n3CCCCC4)ccc2F)c(OC)c1OC. The topological polar surface area (TPSA) is 87.5 Å². The zero-order chi connectivity index (χ0) is 24.1. The number of carbonyl (C=O) groups excluding carboxylic acids is 1. The van der Waals surface area contributed by atoms with Crippen LogP contribution in [-0.4, -0.2) is 42.0 Å². The molecule has 0 spiro atoms. The lowest BCUT2D eigenvalue weighted by Gasteiger charge is -2.15. The molecule has 2 aromatic carbocycles. The van der Waals surface area contributed by atoms with Gasteiger partial charge >= 0.3 is 0 Å². The van der Waals surface area contributed by atoms with E-state index in [1.807, 2.05) is 6.07 Å². The van der Waals surface area contributed by atoms with E-state index in [1.54, 1.807) is 25.3 Å². The number of ether oxygens (including phenoxy) is 3. The van der Waals surface area contributed by atoms with Gasteiger partial charge in [-0.05, 0) is 49.1 Å². The molecule has 1 aliphatic rings. The zero-order valence-electron chi connectivity index (χ0n) is 19.7. The van der Waals surface area contributed by atoms with E-state index in [0.717, 1.165) is 49.2 Å². The van der Waals surface area contributed by atoms with Crippen molar-refractivity contribution in [1.29, 1.82) is 0 Å². The van der Waals surface area contributed by atoms with E-state index >= 15 is 0 Å². The number of hydrogen-bond acceptors (Lipinski definition) is 6. The number of anilines is 1. The van der Waals surface area contributed by atoms with Crippen molar-refractivity contribution >= 4 is 11.6 Å². The van der Waals surface area contributed by atoms with Crippen LogP contribution in [-0.2, 0) is 24.2 Å². The van der Waals surface area contributed by atoms with E-state index in [2.05, 4.69) is 20.1 Å². The first-order valence-electron chi connectivity index (χ1n) is 11.4. The van der Waals surface area contributed by atoms with Gasteiger partial charge in [0.15, 0.2) is 17.3 Å². The van der Waals surface area contributed by atoms with Crippen molar-refractivity contribution in [3.05, 3.63) is 47.5 Å². The number of benzene rings is 2. The fraction of sp³-hybridized carbons (Fsp3) is 0.400. The van der Waals surface area contributed by atoms with E-state index in [0.29, 0.717) is 29.5 Å². The summed E-state index contributed by atoms with van der Waals surface area (Å²) in [6.07, 6.45) is 4.70. The minimum Gasteiger partial charge on any atom is -0.493 e. The number of hydrogen-bond donors (Lipinski definition) is 1. The predicted octanol–water partition coefficient (Wildman–Crippen LogP) is 4.41. The van der Waals surface area contributed by atoms with E-state index in [4.69, 9.17) is 14.2 Å². The van der Waals surface area contributed by atoms with E-state index in [9.17, 15) is 9.18 Å². The number of halogens is 1. The number of aromatic nitrogens is 3. The Kier molecular flexibility index (Phi) is 7.30. The molecule has 9 heteroatoms. The van der Waals surface area contributed by atoms with Crippen LogP contribution in [0.4, 0.5) is 10.1 Å². The normalized spacial score (nSPS) is 13.1. The van der Waals surface area contributed by atoms with Crippen LogP contribution in [0, 0.1) is 5.82 Å². The molecule has 2 heterocycles. The third kappa shape index (κ3) is 4.83. The maximum Gasteiger partial charge on any atom is 0.224 e. The second-order valence-electron chi connectivity index (χ2n) is 8.14. The van der Waals surface area contributed by atoms with Crippen molar-refractivity contribution in [2.45, 2.75) is 45.1 Å². The standard InChI is InChI=1S/C25H29FN4O4/c1-32-20-12-9-16(23(33-2)24(20)34-3)10-13-22(31)27-19-15-17(8-11-18(19)26)25-29-28-21-7-5-4-6-14-30(21)25/h8-9,11-12,15H,4-7,10,13-14H2,1-3H3,(H,27,31). The summed E-state index contributed by atoms with van der Waals surface area (Å²) in [5, 5.41) is 11.3. The molecule has 0 atom stereocenters. The second kappa shape index (κ2) is 10.5. The van der Waals surface area contributed by atoms with Crippen molar-refractivity contribution in [2.75, 3.05) is 26.6 Å². The van der Waals surface area contributed by atoms with Crippen LogP contribution in [0.25, 0.3) is 11.4 Å². The highest BCUT2D eigenvalue weighted by atomic mass is 19.1. The summed E-state index contributed by atoms with van der Waals surface area (Å²) in [7, 11) is 4.61. The predicted molar refractivity (Wildman–Crippen MR) is 126 cm³/mol. The average molecular weight is 469 g/mol. The molecule has 180 valence electrons. The Morgan fingerprint density at radius 1 is 1.03 bits per heavy atom. The summed E-state index contributed by atoms with van der Waals surface area (Å²) in [4.78, 5) is 12.7. The highest BCUT2D eigenvalue weighted by molar-refractivity contribution is 5.91. The highest BCUT2D eigenvalue weighted by Gasteiger charge is 2.19. The van der Waals surface area contributed by atoms with Gasteiger partial charge < -0.3 is 24.1 Å². The van der Waals surface area contributed by atoms with Crippen molar-refractivity contribution in [1.82, 2.24) is 14.8 Å². The molecule has 0 saturated carbocycles. The average Bonchev–Trinajstić information content (AvgIpc) is 3.11. The Bertz CT molecular complexity index is 1180. The number of nitrogens with one attached hydrogen (secondary N) is 1. The maximum absolute atomic E-state index is 14.5. The Morgan fingerprint density at radius 2 is 1.85 bits per heavy atom. The van der Waals surface area contributed by atoms with Gasteiger partial charge in [0, 0.05) is 24.9 Å². The van der Waals surface area contributed by atoms with Crippen molar-refractivity contribution in [2.24, 2.45) is 0 Å². The lowest BCUT2D eigenvalue weighted by atomic mass is 10.1. The summed E-state index contributed by atoms with van der Waals surface area (Å²) < 4.78 is 32.8.